The van der Waals surface area contributed by atoms with Crippen LogP contribution < -0.4 is 20.1 Å². The molecule has 0 aliphatic carbocycles. The molecule has 1 atom stereocenters. The Morgan fingerprint density at radius 3 is 2.70 bits per heavy atom. The summed E-state index contributed by atoms with van der Waals surface area (Å²) in [7, 11) is 3.14. The van der Waals surface area contributed by atoms with Crippen molar-refractivity contribution in [3.05, 3.63) is 47.7 Å². The fraction of sp³-hybridized carbons (Fsp3) is 0.375. The summed E-state index contributed by atoms with van der Waals surface area (Å²) >= 11 is 0. The number of carboxylic acids is 1. The number of hydrogen-bond donors (Lipinski definition) is 4. The highest BCUT2D eigenvalue weighted by molar-refractivity contribution is 6.07. The Labute approximate surface area is 192 Å². The van der Waals surface area contributed by atoms with E-state index in [0.29, 0.717) is 34.6 Å². The maximum Gasteiger partial charge on any atom is 0.341 e. The molecule has 1 aromatic carbocycles. The second-order valence-corrected chi connectivity index (χ2v) is 7.58. The van der Waals surface area contributed by atoms with Gasteiger partial charge in [0.2, 0.25) is 0 Å². The van der Waals surface area contributed by atoms with Gasteiger partial charge in [0.15, 0.2) is 0 Å². The molecule has 0 radical (unpaired) electrons. The first-order chi connectivity index (χ1) is 16.0. The Hall–Kier alpha value is -3.59. The number of rotatable bonds is 12. The molecule has 9 nitrogen and oxygen atoms in total. The van der Waals surface area contributed by atoms with Gasteiger partial charge in [-0.2, -0.15) is 0 Å². The Balaban J connectivity index is 2.03. The predicted molar refractivity (Wildman–Crippen MR) is 127 cm³/mol. The van der Waals surface area contributed by atoms with Crippen LogP contribution in [0.25, 0.3) is 11.0 Å². The molecule has 0 fully saturated rings. The number of ether oxygens (including phenoxy) is 2. The van der Waals surface area contributed by atoms with Crippen molar-refractivity contribution >= 4 is 28.5 Å². The third-order valence-corrected chi connectivity index (χ3v) is 5.37. The molecule has 4 N–H and O–H groups in total. The third kappa shape index (κ3) is 5.61. The Kier molecular flexibility index (Phi) is 8.26. The van der Waals surface area contributed by atoms with E-state index in [2.05, 4.69) is 27.5 Å². The molecule has 3 aromatic rings. The third-order valence-electron chi connectivity index (χ3n) is 5.37. The molecular weight excluding hydrogens is 424 g/mol. The van der Waals surface area contributed by atoms with E-state index in [4.69, 9.17) is 9.47 Å². The van der Waals surface area contributed by atoms with Gasteiger partial charge in [0.05, 0.1) is 32.0 Å². The number of benzene rings is 1. The van der Waals surface area contributed by atoms with E-state index < -0.39 is 5.97 Å². The number of carboxylic acid groups (broad SMARTS) is 1. The first kappa shape index (κ1) is 24.1. The van der Waals surface area contributed by atoms with Crippen molar-refractivity contribution in [2.75, 3.05) is 31.5 Å². The Morgan fingerprint density at radius 2 is 2.03 bits per heavy atom. The second kappa shape index (κ2) is 11.3. The molecule has 9 heteroatoms. The zero-order valence-corrected chi connectivity index (χ0v) is 19.1. The molecule has 0 aliphatic heterocycles. The zero-order chi connectivity index (χ0) is 23.8. The number of anilines is 2. The molecule has 3 rings (SSSR count). The molecule has 176 valence electrons. The minimum atomic E-state index is -1.14. The van der Waals surface area contributed by atoms with Crippen molar-refractivity contribution < 1.29 is 24.5 Å². The fourth-order valence-corrected chi connectivity index (χ4v) is 3.61. The highest BCUT2D eigenvalue weighted by Crippen LogP contribution is 2.32. The number of nitrogens with zero attached hydrogens (tertiary/aromatic N) is 2. The minimum absolute atomic E-state index is 0.0244. The van der Waals surface area contributed by atoms with Crippen LogP contribution >= 0.6 is 0 Å². The van der Waals surface area contributed by atoms with Crippen molar-refractivity contribution in [2.24, 2.45) is 0 Å². The number of aromatic nitrogens is 2. The molecular formula is C24H30N4O5. The number of hydrogen-bond acceptors (Lipinski definition) is 8. The van der Waals surface area contributed by atoms with E-state index in [1.807, 2.05) is 12.1 Å². The van der Waals surface area contributed by atoms with Crippen LogP contribution in [0.3, 0.4) is 0 Å². The highest BCUT2D eigenvalue weighted by atomic mass is 16.5. The number of carbonyl (C=O) groups is 1. The summed E-state index contributed by atoms with van der Waals surface area (Å²) in [6.07, 6.45) is 4.17. The standard InChI is InChI=1S/C24H30N4O5/c1-4-5-7-16(14-29)27-22-20(24(30)31)23(28-18-8-6-11-25-21(18)22)26-13-15-9-10-17(32-2)12-19(15)33-3/h6,8-12,16,29H,4-5,7,13-14H2,1-3H3,(H,30,31)(H2,26,27,28)/t16-/m1/s1. The number of unbranched alkanes of at least 4 members (excludes halogenated alkanes) is 1. The molecule has 0 unspecified atom stereocenters. The molecule has 0 saturated carbocycles. The number of nitrogens with one attached hydrogen (secondary N) is 2. The summed E-state index contributed by atoms with van der Waals surface area (Å²) in [6, 6.07) is 8.64. The molecule has 33 heavy (non-hydrogen) atoms. The predicted octanol–water partition coefficient (Wildman–Crippen LogP) is 3.92. The van der Waals surface area contributed by atoms with Crippen LogP contribution in [0.2, 0.25) is 0 Å². The summed E-state index contributed by atoms with van der Waals surface area (Å²) in [4.78, 5) is 21.2. The van der Waals surface area contributed by atoms with Crippen molar-refractivity contribution in [2.45, 2.75) is 38.8 Å². The van der Waals surface area contributed by atoms with Gasteiger partial charge < -0.3 is 30.3 Å². The molecule has 2 heterocycles. The van der Waals surface area contributed by atoms with Crippen molar-refractivity contribution in [1.29, 1.82) is 0 Å². The van der Waals surface area contributed by atoms with E-state index in [-0.39, 0.29) is 30.6 Å². The lowest BCUT2D eigenvalue weighted by atomic mass is 10.1. The van der Waals surface area contributed by atoms with Gasteiger partial charge in [-0.15, -0.1) is 0 Å². The topological polar surface area (TPSA) is 126 Å². The smallest absolute Gasteiger partial charge is 0.341 e. The van der Waals surface area contributed by atoms with Crippen LogP contribution in [-0.2, 0) is 6.54 Å². The normalized spacial score (nSPS) is 11.8. The number of aliphatic hydroxyl groups excluding tert-OH is 1. The SMILES string of the molecule is CCCC[C@H](CO)Nc1c(C(=O)O)c(NCc2ccc(OC)cc2OC)nc2cccnc12. The molecule has 0 amide bonds. The largest absolute Gasteiger partial charge is 0.497 e. The molecule has 0 spiro atoms. The van der Waals surface area contributed by atoms with Gasteiger partial charge in [0.1, 0.15) is 28.4 Å². The minimum Gasteiger partial charge on any atom is -0.497 e. The Bertz CT molecular complexity index is 1110. The first-order valence-electron chi connectivity index (χ1n) is 10.9. The van der Waals surface area contributed by atoms with Crippen molar-refractivity contribution in [1.82, 2.24) is 9.97 Å². The van der Waals surface area contributed by atoms with Crippen LogP contribution in [0.1, 0.15) is 42.1 Å². The van der Waals surface area contributed by atoms with Gasteiger partial charge in [-0.3, -0.25) is 4.98 Å². The quantitative estimate of drug-likeness (QED) is 0.322. The lowest BCUT2D eigenvalue weighted by Crippen LogP contribution is -2.26. The van der Waals surface area contributed by atoms with Crippen molar-refractivity contribution in [3.8, 4) is 11.5 Å². The number of pyridine rings is 2. The average Bonchev–Trinajstić information content (AvgIpc) is 2.84. The van der Waals surface area contributed by atoms with Crippen LogP contribution in [0.15, 0.2) is 36.5 Å². The number of fused-ring (bicyclic) bond motifs is 1. The monoisotopic (exact) mass is 454 g/mol. The van der Waals surface area contributed by atoms with Gasteiger partial charge in [-0.1, -0.05) is 19.8 Å². The summed E-state index contributed by atoms with van der Waals surface area (Å²) in [5.74, 6) is 0.328. The molecule has 0 bridgehead atoms. The van der Waals surface area contributed by atoms with Crippen LogP contribution in [-0.4, -0.2) is 53.0 Å². The highest BCUT2D eigenvalue weighted by Gasteiger charge is 2.24. The van der Waals surface area contributed by atoms with Crippen LogP contribution in [0.5, 0.6) is 11.5 Å². The summed E-state index contributed by atoms with van der Waals surface area (Å²) in [6.45, 7) is 2.22. The summed E-state index contributed by atoms with van der Waals surface area (Å²) in [5, 5.41) is 26.3. The first-order valence-corrected chi connectivity index (χ1v) is 10.9. The number of aliphatic hydroxyl groups is 1. The second-order valence-electron chi connectivity index (χ2n) is 7.58. The van der Waals surface area contributed by atoms with E-state index in [1.54, 1.807) is 38.6 Å². The van der Waals surface area contributed by atoms with E-state index in [0.717, 1.165) is 18.4 Å². The lowest BCUT2D eigenvalue weighted by molar-refractivity contribution is 0.0698. The molecule has 0 saturated heterocycles. The lowest BCUT2D eigenvalue weighted by Gasteiger charge is -2.21. The zero-order valence-electron chi connectivity index (χ0n) is 19.1. The molecule has 0 aliphatic rings. The maximum absolute atomic E-state index is 12.3. The Morgan fingerprint density at radius 1 is 1.21 bits per heavy atom. The van der Waals surface area contributed by atoms with E-state index >= 15 is 0 Å². The van der Waals surface area contributed by atoms with E-state index in [1.165, 1.54) is 0 Å². The van der Waals surface area contributed by atoms with Gasteiger partial charge in [0.25, 0.3) is 0 Å². The van der Waals surface area contributed by atoms with Crippen LogP contribution in [0.4, 0.5) is 11.5 Å². The maximum atomic E-state index is 12.3. The summed E-state index contributed by atoms with van der Waals surface area (Å²) in [5.41, 5.74) is 2.11. The average molecular weight is 455 g/mol. The number of methoxy groups -OCH3 is 2. The number of aromatic carboxylic acids is 1. The summed E-state index contributed by atoms with van der Waals surface area (Å²) < 4.78 is 10.7. The van der Waals surface area contributed by atoms with Crippen molar-refractivity contribution in [3.63, 3.8) is 0 Å². The molecule has 2 aromatic heterocycles. The fourth-order valence-electron chi connectivity index (χ4n) is 3.61. The van der Waals surface area contributed by atoms with E-state index in [9.17, 15) is 15.0 Å². The van der Waals surface area contributed by atoms with Gasteiger partial charge in [0, 0.05) is 30.4 Å². The van der Waals surface area contributed by atoms with Gasteiger partial charge in [-0.25, -0.2) is 9.78 Å². The van der Waals surface area contributed by atoms with Crippen LogP contribution in [0, 0.1) is 0 Å². The van der Waals surface area contributed by atoms with Gasteiger partial charge >= 0.3 is 5.97 Å². The van der Waals surface area contributed by atoms with Gasteiger partial charge in [-0.05, 0) is 30.7 Å².